The van der Waals surface area contributed by atoms with Crippen molar-refractivity contribution in [3.8, 4) is 11.5 Å². The van der Waals surface area contributed by atoms with Crippen molar-refractivity contribution in [2.24, 2.45) is 5.92 Å². The Balaban J connectivity index is 1.38. The molecule has 1 spiro atoms. The largest absolute Gasteiger partial charge is 0.485 e. The van der Waals surface area contributed by atoms with Crippen LogP contribution < -0.4 is 9.47 Å². The summed E-state index contributed by atoms with van der Waals surface area (Å²) >= 11 is 0. The van der Waals surface area contributed by atoms with Crippen LogP contribution in [0.25, 0.3) is 0 Å². The highest BCUT2D eigenvalue weighted by molar-refractivity contribution is 5.63. The van der Waals surface area contributed by atoms with Crippen LogP contribution in [0.4, 0.5) is 0 Å². The maximum atomic E-state index is 7.03. The van der Waals surface area contributed by atoms with Gasteiger partial charge in [-0.25, -0.2) is 0 Å². The molecular formula is C32H39NO5. The fourth-order valence-corrected chi connectivity index (χ4v) is 8.25. The van der Waals surface area contributed by atoms with E-state index < -0.39 is 11.4 Å². The van der Waals surface area contributed by atoms with Gasteiger partial charge in [0.2, 0.25) is 5.79 Å². The molecule has 0 radical (unpaired) electrons. The third-order valence-electron chi connectivity index (χ3n) is 10.1. The summed E-state index contributed by atoms with van der Waals surface area (Å²) in [5.74, 6) is 1.61. The smallest absolute Gasteiger partial charge is 0.206 e. The molecule has 4 atom stereocenters. The highest BCUT2D eigenvalue weighted by Gasteiger charge is 2.77. The Labute approximate surface area is 225 Å². The van der Waals surface area contributed by atoms with Crippen LogP contribution in [0.15, 0.2) is 55.1 Å². The van der Waals surface area contributed by atoms with E-state index >= 15 is 0 Å². The van der Waals surface area contributed by atoms with Gasteiger partial charge in [0.05, 0.1) is 17.6 Å². The monoisotopic (exact) mass is 517 g/mol. The molecule has 0 unspecified atom stereocenters. The number of benzene rings is 2. The van der Waals surface area contributed by atoms with Crippen LogP contribution in [0.3, 0.4) is 0 Å². The Morgan fingerprint density at radius 1 is 1.05 bits per heavy atom. The van der Waals surface area contributed by atoms with Crippen molar-refractivity contribution < 1.29 is 23.7 Å². The molecule has 5 aliphatic rings. The molecular weight excluding hydrogens is 478 g/mol. The molecule has 0 aromatic heterocycles. The summed E-state index contributed by atoms with van der Waals surface area (Å²) in [4.78, 5) is 2.73. The summed E-state index contributed by atoms with van der Waals surface area (Å²) in [6.07, 6.45) is 7.71. The predicted octanol–water partition coefficient (Wildman–Crippen LogP) is 5.03. The highest BCUT2D eigenvalue weighted by atomic mass is 16.7. The number of piperidine rings is 1. The zero-order valence-corrected chi connectivity index (χ0v) is 22.6. The minimum Gasteiger partial charge on any atom is -0.485 e. The summed E-state index contributed by atoms with van der Waals surface area (Å²) in [6.45, 7) is 7.20. The van der Waals surface area contributed by atoms with Crippen molar-refractivity contribution in [1.82, 2.24) is 4.90 Å². The number of hydrogen-bond donors (Lipinski definition) is 0. The first-order chi connectivity index (χ1) is 18.6. The minimum atomic E-state index is -0.853. The third kappa shape index (κ3) is 3.33. The lowest BCUT2D eigenvalue weighted by Gasteiger charge is -2.67. The fourth-order valence-electron chi connectivity index (χ4n) is 8.25. The van der Waals surface area contributed by atoms with Crippen molar-refractivity contribution >= 4 is 0 Å². The Morgan fingerprint density at radius 2 is 1.87 bits per heavy atom. The van der Waals surface area contributed by atoms with E-state index in [0.29, 0.717) is 19.6 Å². The first kappa shape index (κ1) is 24.6. The second-order valence-corrected chi connectivity index (χ2v) is 11.8. The first-order valence-corrected chi connectivity index (χ1v) is 14.2. The lowest BCUT2D eigenvalue weighted by Crippen LogP contribution is -2.80. The number of nitrogens with zero attached hydrogens (tertiary/aromatic N) is 1. The van der Waals surface area contributed by atoms with Crippen LogP contribution >= 0.6 is 0 Å². The molecule has 6 nitrogen and oxygen atoms in total. The van der Waals surface area contributed by atoms with Crippen LogP contribution in [0.5, 0.6) is 11.5 Å². The number of likely N-dealkylation sites (tertiary alicyclic amines) is 1. The molecule has 2 aromatic rings. The molecule has 2 aliphatic heterocycles. The van der Waals surface area contributed by atoms with Crippen LogP contribution in [0.2, 0.25) is 0 Å². The Hall–Kier alpha value is -2.38. The van der Waals surface area contributed by atoms with Gasteiger partial charge in [-0.1, -0.05) is 42.5 Å². The van der Waals surface area contributed by atoms with E-state index in [0.717, 1.165) is 55.3 Å². The quantitative estimate of drug-likeness (QED) is 0.326. The zero-order chi connectivity index (χ0) is 26.0. The van der Waals surface area contributed by atoms with Gasteiger partial charge in [0, 0.05) is 38.8 Å². The van der Waals surface area contributed by atoms with E-state index in [1.54, 1.807) is 14.2 Å². The molecule has 3 aliphatic carbocycles. The molecule has 2 saturated carbocycles. The van der Waals surface area contributed by atoms with Gasteiger partial charge in [-0.2, -0.15) is 0 Å². The lowest BCUT2D eigenvalue weighted by atomic mass is 9.48. The van der Waals surface area contributed by atoms with Gasteiger partial charge in [0.25, 0.3) is 0 Å². The maximum Gasteiger partial charge on any atom is 0.206 e. The van der Waals surface area contributed by atoms with E-state index in [1.807, 2.05) is 24.3 Å². The molecule has 1 saturated heterocycles. The normalized spacial score (nSPS) is 32.4. The number of methoxy groups -OCH3 is 2. The molecule has 0 N–H and O–H groups in total. The van der Waals surface area contributed by atoms with Crippen molar-refractivity contribution in [2.75, 3.05) is 33.9 Å². The van der Waals surface area contributed by atoms with Crippen LogP contribution in [-0.4, -0.2) is 62.3 Å². The fraction of sp³-hybridized carbons (Fsp3) is 0.562. The molecule has 0 amide bonds. The lowest BCUT2D eigenvalue weighted by molar-refractivity contribution is -0.325. The Kier molecular flexibility index (Phi) is 5.89. The summed E-state index contributed by atoms with van der Waals surface area (Å²) in [6, 6.07) is 14.9. The highest BCUT2D eigenvalue weighted by Crippen LogP contribution is 2.69. The number of rotatable bonds is 10. The molecule has 6 heteroatoms. The molecule has 38 heavy (non-hydrogen) atoms. The van der Waals surface area contributed by atoms with E-state index in [9.17, 15) is 0 Å². The van der Waals surface area contributed by atoms with Crippen LogP contribution in [-0.2, 0) is 32.7 Å². The summed E-state index contributed by atoms with van der Waals surface area (Å²) in [7, 11) is 3.50. The molecule has 3 fully saturated rings. The summed E-state index contributed by atoms with van der Waals surface area (Å²) in [5.41, 5.74) is 2.94. The molecule has 202 valence electrons. The van der Waals surface area contributed by atoms with Crippen LogP contribution in [0, 0.1) is 5.92 Å². The predicted molar refractivity (Wildman–Crippen MR) is 145 cm³/mol. The third-order valence-corrected chi connectivity index (χ3v) is 10.1. The summed E-state index contributed by atoms with van der Waals surface area (Å²) < 4.78 is 32.9. The van der Waals surface area contributed by atoms with E-state index in [4.69, 9.17) is 23.7 Å². The average Bonchev–Trinajstić information content (AvgIpc) is 3.70. The van der Waals surface area contributed by atoms with Gasteiger partial charge in [0.15, 0.2) is 17.6 Å². The SMILES string of the molecule is C=CCO[C@@]12CCC(OC)(OC)[C@@H]3Oc4c(OCc5ccccc5)ccc5c4[C@@]31CCN(CC1CC1)[C@@H]2C5. The average molecular weight is 518 g/mol. The van der Waals surface area contributed by atoms with Gasteiger partial charge in [-0.3, -0.25) is 4.90 Å². The van der Waals surface area contributed by atoms with Gasteiger partial charge >= 0.3 is 0 Å². The molecule has 7 rings (SSSR count). The van der Waals surface area contributed by atoms with Crippen molar-refractivity contribution in [3.05, 3.63) is 71.8 Å². The van der Waals surface area contributed by atoms with Gasteiger partial charge in [-0.05, 0) is 61.8 Å². The summed E-state index contributed by atoms with van der Waals surface area (Å²) in [5, 5.41) is 0. The van der Waals surface area contributed by atoms with Gasteiger partial charge < -0.3 is 23.7 Å². The number of hydrogen-bond acceptors (Lipinski definition) is 6. The Bertz CT molecular complexity index is 1210. The molecule has 2 bridgehead atoms. The van der Waals surface area contributed by atoms with E-state index in [1.165, 1.54) is 24.0 Å². The first-order valence-electron chi connectivity index (χ1n) is 14.2. The molecule has 2 heterocycles. The molecule has 2 aromatic carbocycles. The van der Waals surface area contributed by atoms with Crippen molar-refractivity contribution in [2.45, 2.75) is 74.1 Å². The number of ether oxygens (including phenoxy) is 5. The second-order valence-electron chi connectivity index (χ2n) is 11.8. The van der Waals surface area contributed by atoms with Crippen molar-refractivity contribution in [1.29, 1.82) is 0 Å². The van der Waals surface area contributed by atoms with E-state index in [-0.39, 0.29) is 17.6 Å². The standard InChI is InChI=1S/C32H39NO5/c1-4-18-37-31-14-15-32(34-2,35-3)29-30(31)16-17-33(20-22-10-11-22)26(31)19-24-12-13-25(28(38-29)27(24)30)36-21-23-8-6-5-7-9-23/h4-9,12-13,22,26,29H,1,10-11,14-21H2,2-3H3/t26-,29-,30+,31-/m1/s1. The zero-order valence-electron chi connectivity index (χ0n) is 22.6. The minimum absolute atomic E-state index is 0.282. The Morgan fingerprint density at radius 3 is 2.61 bits per heavy atom. The van der Waals surface area contributed by atoms with Gasteiger partial charge in [0.1, 0.15) is 6.61 Å². The maximum absolute atomic E-state index is 7.03. The second kappa shape index (κ2) is 9.09. The van der Waals surface area contributed by atoms with Crippen molar-refractivity contribution in [3.63, 3.8) is 0 Å². The van der Waals surface area contributed by atoms with Crippen LogP contribution in [0.1, 0.15) is 48.8 Å². The van der Waals surface area contributed by atoms with Gasteiger partial charge in [-0.15, -0.1) is 6.58 Å². The van der Waals surface area contributed by atoms with E-state index in [2.05, 4.69) is 35.7 Å². The topological polar surface area (TPSA) is 49.4 Å².